The smallest absolute Gasteiger partial charge is 0.237 e. The van der Waals surface area contributed by atoms with Crippen molar-refractivity contribution in [2.75, 3.05) is 18.6 Å². The van der Waals surface area contributed by atoms with Crippen molar-refractivity contribution >= 4 is 63.2 Å². The molecule has 2 rings (SSSR count). The number of benzene rings is 1. The van der Waals surface area contributed by atoms with Crippen LogP contribution in [0.15, 0.2) is 21.1 Å². The monoisotopic (exact) mass is 445 g/mol. The molecule has 1 atom stereocenters. The quantitative estimate of drug-likeness (QED) is 0.669. The van der Waals surface area contributed by atoms with Crippen molar-refractivity contribution < 1.29 is 17.9 Å². The van der Waals surface area contributed by atoms with Gasteiger partial charge in [0.05, 0.1) is 7.11 Å². The first-order valence-corrected chi connectivity index (χ1v) is 9.46. The van der Waals surface area contributed by atoms with Crippen LogP contribution in [0.25, 0.3) is 0 Å². The molecule has 9 heteroatoms. The summed E-state index contributed by atoms with van der Waals surface area (Å²) in [6.45, 7) is 0.0151. The first-order valence-electron chi connectivity index (χ1n) is 5.51. The van der Waals surface area contributed by atoms with Gasteiger partial charge in [0.25, 0.3) is 0 Å². The van der Waals surface area contributed by atoms with E-state index in [1.54, 1.807) is 12.1 Å². The summed E-state index contributed by atoms with van der Waals surface area (Å²) >= 11 is 6.69. The van der Waals surface area contributed by atoms with E-state index in [9.17, 15) is 13.2 Å². The van der Waals surface area contributed by atoms with Crippen LogP contribution in [0.2, 0.25) is 0 Å². The highest BCUT2D eigenvalue weighted by Gasteiger charge is 2.39. The first-order chi connectivity index (χ1) is 9.24. The maximum Gasteiger partial charge on any atom is 0.237 e. The fraction of sp³-hybridized carbons (Fsp3) is 0.364. The van der Waals surface area contributed by atoms with Gasteiger partial charge in [-0.3, -0.25) is 4.79 Å². The Labute approximate surface area is 137 Å². The van der Waals surface area contributed by atoms with Crippen molar-refractivity contribution in [2.24, 2.45) is 0 Å². The van der Waals surface area contributed by atoms with Gasteiger partial charge in [-0.25, -0.2) is 8.42 Å². The lowest BCUT2D eigenvalue weighted by Crippen LogP contribution is -2.27. The van der Waals surface area contributed by atoms with Crippen LogP contribution >= 0.6 is 42.5 Å². The van der Waals surface area contributed by atoms with Crippen LogP contribution in [0.3, 0.4) is 0 Å². The molecular formula is C11H10Br2ClNO4S. The van der Waals surface area contributed by atoms with Gasteiger partial charge in [-0.1, -0.05) is 15.9 Å². The van der Waals surface area contributed by atoms with Gasteiger partial charge in [-0.15, -0.1) is 0 Å². The zero-order chi connectivity index (χ0) is 15.1. The number of amides is 1. The summed E-state index contributed by atoms with van der Waals surface area (Å²) < 4.78 is 29.4. The van der Waals surface area contributed by atoms with Crippen LogP contribution in [0.5, 0.6) is 5.75 Å². The molecular weight excluding hydrogens is 437 g/mol. The number of carbonyl (C=O) groups excluding carboxylic acids is 1. The predicted octanol–water partition coefficient (Wildman–Crippen LogP) is 2.89. The van der Waals surface area contributed by atoms with Gasteiger partial charge in [-0.05, 0) is 28.1 Å². The third-order valence-electron chi connectivity index (χ3n) is 2.97. The molecule has 0 aliphatic carbocycles. The van der Waals surface area contributed by atoms with E-state index in [2.05, 4.69) is 31.9 Å². The van der Waals surface area contributed by atoms with E-state index in [-0.39, 0.29) is 18.9 Å². The Morgan fingerprint density at radius 2 is 2.05 bits per heavy atom. The Hall–Kier alpha value is -0.310. The molecule has 110 valence electrons. The number of nitrogens with zero attached hydrogens (tertiary/aromatic N) is 1. The molecule has 1 aliphatic heterocycles. The van der Waals surface area contributed by atoms with Crippen LogP contribution in [0.4, 0.5) is 5.69 Å². The topological polar surface area (TPSA) is 63.7 Å². The van der Waals surface area contributed by atoms with E-state index in [1.165, 1.54) is 12.0 Å². The van der Waals surface area contributed by atoms with E-state index in [0.717, 1.165) is 4.47 Å². The molecule has 0 saturated carbocycles. The fourth-order valence-corrected chi connectivity index (χ4v) is 4.47. The number of halogens is 3. The van der Waals surface area contributed by atoms with Gasteiger partial charge in [0.1, 0.15) is 16.7 Å². The van der Waals surface area contributed by atoms with Gasteiger partial charge in [0, 0.05) is 32.6 Å². The van der Waals surface area contributed by atoms with Gasteiger partial charge < -0.3 is 9.64 Å². The highest BCUT2D eigenvalue weighted by Crippen LogP contribution is 2.41. The van der Waals surface area contributed by atoms with Crippen LogP contribution in [-0.4, -0.2) is 33.2 Å². The standard InChI is InChI=1S/C11H10Br2ClNO4S/c1-19-9-3-6(12)2-8(13)11(9)15-5-7(4-10(15)16)20(14,17)18/h2-3,7H,4-5H2,1H3. The number of anilines is 1. The minimum atomic E-state index is -3.77. The average Bonchev–Trinajstić information content (AvgIpc) is 2.70. The Balaban J connectivity index is 2.45. The highest BCUT2D eigenvalue weighted by atomic mass is 79.9. The third-order valence-corrected chi connectivity index (χ3v) is 5.90. The number of hydrogen-bond donors (Lipinski definition) is 0. The molecule has 0 spiro atoms. The van der Waals surface area contributed by atoms with Gasteiger partial charge in [-0.2, -0.15) is 0 Å². The molecule has 0 radical (unpaired) electrons. The molecule has 20 heavy (non-hydrogen) atoms. The minimum absolute atomic E-state index is 0.0151. The Kier molecular flexibility index (Phi) is 4.68. The molecule has 1 aromatic carbocycles. The van der Waals surface area contributed by atoms with Crippen LogP contribution in [0, 0.1) is 0 Å². The van der Waals surface area contributed by atoms with E-state index in [1.807, 2.05) is 0 Å². The zero-order valence-corrected chi connectivity index (χ0v) is 15.0. The lowest BCUT2D eigenvalue weighted by Gasteiger charge is -2.21. The minimum Gasteiger partial charge on any atom is -0.494 e. The van der Waals surface area contributed by atoms with Gasteiger partial charge in [0.2, 0.25) is 15.0 Å². The summed E-state index contributed by atoms with van der Waals surface area (Å²) in [5.41, 5.74) is 0.503. The van der Waals surface area contributed by atoms with Crippen molar-refractivity contribution in [3.63, 3.8) is 0 Å². The lowest BCUT2D eigenvalue weighted by atomic mass is 10.2. The SMILES string of the molecule is COc1cc(Br)cc(Br)c1N1CC(S(=O)(=O)Cl)CC1=O. The van der Waals surface area contributed by atoms with E-state index in [4.69, 9.17) is 15.4 Å². The van der Waals surface area contributed by atoms with Crippen molar-refractivity contribution in [2.45, 2.75) is 11.7 Å². The third kappa shape index (κ3) is 3.13. The van der Waals surface area contributed by atoms with Crippen molar-refractivity contribution in [3.05, 3.63) is 21.1 Å². The van der Waals surface area contributed by atoms with Crippen LogP contribution in [-0.2, 0) is 13.8 Å². The van der Waals surface area contributed by atoms with Gasteiger partial charge >= 0.3 is 0 Å². The first kappa shape index (κ1) is 16.1. The Morgan fingerprint density at radius 3 is 2.55 bits per heavy atom. The molecule has 1 amide bonds. The molecule has 1 aromatic rings. The average molecular weight is 448 g/mol. The lowest BCUT2D eigenvalue weighted by molar-refractivity contribution is -0.117. The molecule has 0 aromatic heterocycles. The summed E-state index contributed by atoms with van der Waals surface area (Å²) in [6, 6.07) is 3.46. The zero-order valence-electron chi connectivity index (χ0n) is 10.3. The number of hydrogen-bond acceptors (Lipinski definition) is 4. The molecule has 1 aliphatic rings. The molecule has 1 saturated heterocycles. The molecule has 1 unspecified atom stereocenters. The molecule has 0 N–H and O–H groups in total. The second-order valence-electron chi connectivity index (χ2n) is 4.24. The largest absolute Gasteiger partial charge is 0.494 e. The normalized spacial score (nSPS) is 19.5. The van der Waals surface area contributed by atoms with E-state index >= 15 is 0 Å². The molecule has 1 fully saturated rings. The number of carbonyl (C=O) groups is 1. The summed E-state index contributed by atoms with van der Waals surface area (Å²) in [6.07, 6.45) is -0.127. The Morgan fingerprint density at radius 1 is 1.40 bits per heavy atom. The van der Waals surface area contributed by atoms with Crippen molar-refractivity contribution in [1.29, 1.82) is 0 Å². The Bertz CT molecular complexity index is 665. The van der Waals surface area contributed by atoms with Crippen molar-refractivity contribution in [3.8, 4) is 5.75 Å². The number of methoxy groups -OCH3 is 1. The predicted molar refractivity (Wildman–Crippen MR) is 83.9 cm³/mol. The maximum atomic E-state index is 12.1. The maximum absolute atomic E-state index is 12.1. The molecule has 5 nitrogen and oxygen atoms in total. The van der Waals surface area contributed by atoms with E-state index < -0.39 is 14.3 Å². The summed E-state index contributed by atoms with van der Waals surface area (Å²) in [5.74, 6) is 0.160. The summed E-state index contributed by atoms with van der Waals surface area (Å²) in [7, 11) is 3.05. The van der Waals surface area contributed by atoms with E-state index in [0.29, 0.717) is 15.9 Å². The van der Waals surface area contributed by atoms with Crippen molar-refractivity contribution in [1.82, 2.24) is 0 Å². The van der Waals surface area contributed by atoms with Crippen LogP contribution in [0.1, 0.15) is 6.42 Å². The summed E-state index contributed by atoms with van der Waals surface area (Å²) in [5, 5.41) is -0.906. The number of ether oxygens (including phenoxy) is 1. The second-order valence-corrected chi connectivity index (χ2v) is 8.92. The highest BCUT2D eigenvalue weighted by molar-refractivity contribution is 9.11. The molecule has 1 heterocycles. The van der Waals surface area contributed by atoms with Crippen LogP contribution < -0.4 is 9.64 Å². The van der Waals surface area contributed by atoms with Gasteiger partial charge in [0.15, 0.2) is 0 Å². The second kappa shape index (κ2) is 5.82. The number of rotatable bonds is 3. The fourth-order valence-electron chi connectivity index (χ4n) is 2.04. The molecule has 0 bridgehead atoms. The summed E-state index contributed by atoms with van der Waals surface area (Å²) in [4.78, 5) is 13.4.